The van der Waals surface area contributed by atoms with Gasteiger partial charge in [0.2, 0.25) is 5.95 Å². The predicted molar refractivity (Wildman–Crippen MR) is 111 cm³/mol. The molecule has 2 aromatic carbocycles. The van der Waals surface area contributed by atoms with E-state index in [2.05, 4.69) is 37.4 Å². The van der Waals surface area contributed by atoms with E-state index in [1.54, 1.807) is 0 Å². The van der Waals surface area contributed by atoms with Crippen molar-refractivity contribution >= 4 is 39.2 Å². The third-order valence-electron chi connectivity index (χ3n) is 4.45. The van der Waals surface area contributed by atoms with Crippen molar-refractivity contribution < 1.29 is 5.11 Å². The highest BCUT2D eigenvalue weighted by atomic mass is 79.9. The molecule has 0 amide bonds. The van der Waals surface area contributed by atoms with Crippen LogP contribution < -0.4 is 5.32 Å². The molecule has 0 radical (unpaired) electrons. The van der Waals surface area contributed by atoms with Gasteiger partial charge in [-0.15, -0.1) is 0 Å². The summed E-state index contributed by atoms with van der Waals surface area (Å²) in [5.74, 6) is 1.38. The van der Waals surface area contributed by atoms with Gasteiger partial charge in [0.05, 0.1) is 0 Å². The number of aryl methyl sites for hydroxylation is 1. The van der Waals surface area contributed by atoms with Gasteiger partial charge in [0.25, 0.3) is 0 Å². The first-order valence-corrected chi connectivity index (χ1v) is 9.88. The lowest BCUT2D eigenvalue weighted by atomic mass is 10.0. The molecule has 27 heavy (non-hydrogen) atoms. The highest BCUT2D eigenvalue weighted by Gasteiger charge is 2.26. The van der Waals surface area contributed by atoms with Gasteiger partial charge in [0, 0.05) is 28.2 Å². The molecule has 0 bridgehead atoms. The molecule has 2 heterocycles. The van der Waals surface area contributed by atoms with Crippen LogP contribution in [0.2, 0.25) is 5.02 Å². The Kier molecular flexibility index (Phi) is 5.29. The van der Waals surface area contributed by atoms with Crippen molar-refractivity contribution in [2.75, 3.05) is 11.9 Å². The van der Waals surface area contributed by atoms with Gasteiger partial charge in [-0.1, -0.05) is 57.9 Å². The lowest BCUT2D eigenvalue weighted by Gasteiger charge is -2.25. The third-order valence-corrected chi connectivity index (χ3v) is 5.32. The minimum absolute atomic E-state index is 0.119. The Hall–Kier alpha value is -2.15. The zero-order valence-corrected chi connectivity index (χ0v) is 16.8. The van der Waals surface area contributed by atoms with Gasteiger partial charge in [-0.3, -0.25) is 0 Å². The van der Waals surface area contributed by atoms with Gasteiger partial charge in [-0.25, -0.2) is 4.68 Å². The van der Waals surface area contributed by atoms with Gasteiger partial charge >= 0.3 is 0 Å². The van der Waals surface area contributed by atoms with Gasteiger partial charge in [0.15, 0.2) is 5.82 Å². The Morgan fingerprint density at radius 2 is 1.93 bits per heavy atom. The largest absolute Gasteiger partial charge is 0.396 e. The fourth-order valence-corrected chi connectivity index (χ4v) is 3.63. The number of anilines is 1. The molecule has 5 nitrogen and oxygen atoms in total. The van der Waals surface area contributed by atoms with Crippen LogP contribution in [0.3, 0.4) is 0 Å². The van der Waals surface area contributed by atoms with Crippen LogP contribution in [-0.2, 0) is 6.42 Å². The van der Waals surface area contributed by atoms with E-state index >= 15 is 0 Å². The van der Waals surface area contributed by atoms with Crippen molar-refractivity contribution in [3.63, 3.8) is 0 Å². The maximum absolute atomic E-state index is 9.10. The molecule has 1 atom stereocenters. The topological polar surface area (TPSA) is 63.0 Å². The van der Waals surface area contributed by atoms with Crippen LogP contribution in [0.1, 0.15) is 29.4 Å². The van der Waals surface area contributed by atoms with Crippen LogP contribution in [-0.4, -0.2) is 26.5 Å². The molecule has 0 saturated carbocycles. The first-order valence-electron chi connectivity index (χ1n) is 8.71. The number of hydrogen-bond acceptors (Lipinski definition) is 4. The number of hydrogen-bond donors (Lipinski definition) is 2. The van der Waals surface area contributed by atoms with E-state index in [1.165, 1.54) is 0 Å². The highest BCUT2D eigenvalue weighted by molar-refractivity contribution is 9.10. The fourth-order valence-electron chi connectivity index (χ4n) is 3.11. The smallest absolute Gasteiger partial charge is 0.226 e. The number of nitrogens with zero attached hydrogens (tertiary/aromatic N) is 3. The summed E-state index contributed by atoms with van der Waals surface area (Å²) in [7, 11) is 0. The molecule has 3 aromatic rings. The standard InChI is InChI=1S/C20H18BrClN4O/c21-14-9-7-13(8-10-14)17-12-18(15-4-1-2-5-16(15)22)26-20(23-17)24-19(25-26)6-3-11-27/h1-2,4-5,7-10,12,18,27H,3,6,11H2,(H,23,24,25)/t18-/m0/s1. The molecule has 1 aliphatic heterocycles. The number of aliphatic hydroxyl groups is 1. The van der Waals surface area contributed by atoms with Crippen LogP contribution >= 0.6 is 27.5 Å². The maximum atomic E-state index is 9.10. The summed E-state index contributed by atoms with van der Waals surface area (Å²) in [6.07, 6.45) is 3.37. The van der Waals surface area contributed by atoms with Gasteiger partial charge in [0.1, 0.15) is 6.04 Å². The lowest BCUT2D eigenvalue weighted by molar-refractivity contribution is 0.287. The van der Waals surface area contributed by atoms with E-state index in [4.69, 9.17) is 16.7 Å². The van der Waals surface area contributed by atoms with Gasteiger partial charge < -0.3 is 10.4 Å². The van der Waals surface area contributed by atoms with Crippen molar-refractivity contribution in [2.24, 2.45) is 0 Å². The van der Waals surface area contributed by atoms with Gasteiger partial charge in [-0.2, -0.15) is 10.1 Å². The van der Waals surface area contributed by atoms with Crippen LogP contribution in [0.25, 0.3) is 5.70 Å². The first kappa shape index (κ1) is 18.2. The summed E-state index contributed by atoms with van der Waals surface area (Å²) in [5, 5.41) is 17.8. The highest BCUT2D eigenvalue weighted by Crippen LogP contribution is 2.35. The van der Waals surface area contributed by atoms with E-state index in [0.29, 0.717) is 29.6 Å². The number of fused-ring (bicyclic) bond motifs is 1. The van der Waals surface area contributed by atoms with E-state index in [0.717, 1.165) is 21.3 Å². The molecule has 1 aliphatic rings. The molecule has 0 saturated heterocycles. The zero-order valence-electron chi connectivity index (χ0n) is 14.4. The normalized spacial score (nSPS) is 15.8. The summed E-state index contributed by atoms with van der Waals surface area (Å²) in [6, 6.07) is 15.7. The average molecular weight is 446 g/mol. The van der Waals surface area contributed by atoms with E-state index in [1.807, 2.05) is 53.2 Å². The van der Waals surface area contributed by atoms with Crippen LogP contribution in [0.4, 0.5) is 5.95 Å². The Bertz CT molecular complexity index is 984. The molecule has 4 rings (SSSR count). The lowest BCUT2D eigenvalue weighted by Crippen LogP contribution is -2.20. The maximum Gasteiger partial charge on any atom is 0.226 e. The van der Waals surface area contributed by atoms with E-state index in [9.17, 15) is 0 Å². The summed E-state index contributed by atoms with van der Waals surface area (Å²) in [6.45, 7) is 0.119. The second kappa shape index (κ2) is 7.84. The first-order chi connectivity index (χ1) is 13.2. The van der Waals surface area contributed by atoms with Crippen LogP contribution in [0.15, 0.2) is 59.1 Å². The fraction of sp³-hybridized carbons (Fsp3) is 0.200. The quantitative estimate of drug-likeness (QED) is 0.599. The zero-order chi connectivity index (χ0) is 18.8. The van der Waals surface area contributed by atoms with Crippen molar-refractivity contribution in [2.45, 2.75) is 18.9 Å². The third kappa shape index (κ3) is 3.78. The van der Waals surface area contributed by atoms with Crippen LogP contribution in [0.5, 0.6) is 0 Å². The minimum atomic E-state index is -0.163. The Morgan fingerprint density at radius 1 is 1.15 bits per heavy atom. The molecule has 0 unspecified atom stereocenters. The van der Waals surface area contributed by atoms with E-state index in [-0.39, 0.29) is 12.6 Å². The summed E-state index contributed by atoms with van der Waals surface area (Å²) in [4.78, 5) is 4.62. The Balaban J connectivity index is 1.79. The molecular formula is C20H18BrClN4O. The molecule has 1 aromatic heterocycles. The molecule has 0 spiro atoms. The summed E-state index contributed by atoms with van der Waals surface area (Å²) >= 11 is 9.96. The molecule has 138 valence electrons. The van der Waals surface area contributed by atoms with Crippen molar-refractivity contribution in [3.8, 4) is 0 Å². The molecule has 0 fully saturated rings. The number of aliphatic hydroxyl groups excluding tert-OH is 1. The summed E-state index contributed by atoms with van der Waals surface area (Å²) in [5.41, 5.74) is 2.98. The molecule has 0 aliphatic carbocycles. The number of benzene rings is 2. The number of nitrogens with one attached hydrogen (secondary N) is 1. The molecule has 2 N–H and O–H groups in total. The number of rotatable bonds is 5. The average Bonchev–Trinajstić information content (AvgIpc) is 3.09. The predicted octanol–water partition coefficient (Wildman–Crippen LogP) is 4.67. The Morgan fingerprint density at radius 3 is 2.67 bits per heavy atom. The Labute approximate surface area is 170 Å². The number of halogens is 2. The monoisotopic (exact) mass is 444 g/mol. The second-order valence-corrected chi connectivity index (χ2v) is 7.62. The number of allylic oxidation sites excluding steroid dienone is 1. The molecular weight excluding hydrogens is 428 g/mol. The summed E-state index contributed by atoms with van der Waals surface area (Å²) < 4.78 is 2.88. The molecule has 7 heteroatoms. The second-order valence-electron chi connectivity index (χ2n) is 6.30. The van der Waals surface area contributed by atoms with Crippen molar-refractivity contribution in [1.29, 1.82) is 0 Å². The van der Waals surface area contributed by atoms with Crippen LogP contribution in [0, 0.1) is 0 Å². The van der Waals surface area contributed by atoms with E-state index < -0.39 is 0 Å². The minimum Gasteiger partial charge on any atom is -0.396 e. The van der Waals surface area contributed by atoms with Crippen molar-refractivity contribution in [1.82, 2.24) is 14.8 Å². The van der Waals surface area contributed by atoms with Gasteiger partial charge in [-0.05, 0) is 41.8 Å². The SMILES string of the molecule is OCCCc1nc2n(n1)[C@H](c1ccccc1Cl)C=C(c1ccc(Br)cc1)N2. The van der Waals surface area contributed by atoms with Crippen molar-refractivity contribution in [3.05, 3.63) is 81.1 Å². The number of aromatic nitrogens is 3.